The number of unbranched alkanes of at least 4 members (excludes halogenated alkanes) is 2. The van der Waals surface area contributed by atoms with Crippen molar-refractivity contribution in [1.82, 2.24) is 0 Å². The molecule has 138 valence electrons. The number of nitro benzene ring substituents is 1. The second-order valence-corrected chi connectivity index (χ2v) is 5.21. The van der Waals surface area contributed by atoms with Gasteiger partial charge >= 0.3 is 11.9 Å². The number of rotatable bonds is 11. The van der Waals surface area contributed by atoms with Crippen LogP contribution < -0.4 is 9.47 Å². The van der Waals surface area contributed by atoms with Gasteiger partial charge in [-0.3, -0.25) is 19.7 Å². The molecule has 0 bridgehead atoms. The molecule has 0 aliphatic carbocycles. The smallest absolute Gasteiger partial charge is 0.306 e. The minimum atomic E-state index is -0.872. The summed E-state index contributed by atoms with van der Waals surface area (Å²) in [5.41, 5.74) is -0.0335. The number of nitrogens with zero attached hydrogens (tertiary/aromatic N) is 1. The van der Waals surface area contributed by atoms with Crippen LogP contribution in [0.1, 0.15) is 37.7 Å². The Morgan fingerprint density at radius 3 is 2.24 bits per heavy atom. The van der Waals surface area contributed by atoms with Crippen LogP contribution in [0.25, 0.3) is 0 Å². The molecule has 9 heteroatoms. The number of esters is 1. The number of carboxylic acids is 1. The lowest BCUT2D eigenvalue weighted by Gasteiger charge is -2.11. The van der Waals surface area contributed by atoms with E-state index in [0.29, 0.717) is 25.0 Å². The summed E-state index contributed by atoms with van der Waals surface area (Å²) in [6.07, 6.45) is 1.77. The maximum absolute atomic E-state index is 11.7. The fraction of sp³-hybridized carbons (Fsp3) is 0.500. The molecule has 0 aliphatic rings. The van der Waals surface area contributed by atoms with Crippen molar-refractivity contribution in [3.63, 3.8) is 0 Å². The van der Waals surface area contributed by atoms with Crippen molar-refractivity contribution in [2.24, 2.45) is 0 Å². The number of carbonyl (C=O) groups excluding carboxylic acids is 1. The molecular formula is C16H21NO8. The summed E-state index contributed by atoms with van der Waals surface area (Å²) < 4.78 is 15.2. The maximum Gasteiger partial charge on any atom is 0.306 e. The predicted molar refractivity (Wildman–Crippen MR) is 86.7 cm³/mol. The number of carbonyl (C=O) groups is 2. The van der Waals surface area contributed by atoms with Gasteiger partial charge in [-0.1, -0.05) is 6.42 Å². The molecule has 0 amide bonds. The Morgan fingerprint density at radius 2 is 1.68 bits per heavy atom. The van der Waals surface area contributed by atoms with Crippen molar-refractivity contribution < 1.29 is 33.8 Å². The lowest BCUT2D eigenvalue weighted by atomic mass is 10.1. The number of methoxy groups -OCH3 is 2. The Morgan fingerprint density at radius 1 is 1.08 bits per heavy atom. The highest BCUT2D eigenvalue weighted by Gasteiger charge is 2.20. The number of benzene rings is 1. The van der Waals surface area contributed by atoms with Gasteiger partial charge in [0, 0.05) is 12.8 Å². The van der Waals surface area contributed by atoms with Crippen LogP contribution in [0.2, 0.25) is 0 Å². The number of nitro groups is 1. The van der Waals surface area contributed by atoms with Crippen molar-refractivity contribution in [2.75, 3.05) is 14.2 Å². The highest BCUT2D eigenvalue weighted by molar-refractivity contribution is 5.69. The standard InChI is InChI=1S/C16H21NO8/c1-23-13-8-11(12(17(21)22)9-14(13)24-2)10-25-16(20)7-5-3-4-6-15(18)19/h8-9H,3-7,10H2,1-2H3,(H,18,19). The molecule has 0 fully saturated rings. The van der Waals surface area contributed by atoms with E-state index in [1.807, 2.05) is 0 Å². The largest absolute Gasteiger partial charge is 0.493 e. The van der Waals surface area contributed by atoms with Gasteiger partial charge in [0.2, 0.25) is 0 Å². The first-order valence-corrected chi connectivity index (χ1v) is 7.65. The second kappa shape index (κ2) is 10.1. The average Bonchev–Trinajstić information content (AvgIpc) is 2.58. The molecule has 0 aromatic heterocycles. The van der Waals surface area contributed by atoms with Crippen molar-refractivity contribution in [2.45, 2.75) is 38.7 Å². The molecule has 0 atom stereocenters. The Bertz CT molecular complexity index is 629. The lowest BCUT2D eigenvalue weighted by Crippen LogP contribution is -2.07. The van der Waals surface area contributed by atoms with E-state index in [1.54, 1.807) is 0 Å². The van der Waals surface area contributed by atoms with Crippen LogP contribution in [0.4, 0.5) is 5.69 Å². The van der Waals surface area contributed by atoms with Gasteiger partial charge in [0.1, 0.15) is 6.61 Å². The number of hydrogen-bond donors (Lipinski definition) is 1. The second-order valence-electron chi connectivity index (χ2n) is 5.21. The van der Waals surface area contributed by atoms with E-state index in [2.05, 4.69) is 0 Å². The SMILES string of the molecule is COc1cc(COC(=O)CCCCCC(=O)O)c([N+](=O)[O-])cc1OC. The summed E-state index contributed by atoms with van der Waals surface area (Å²) in [6.45, 7) is -0.259. The summed E-state index contributed by atoms with van der Waals surface area (Å²) in [7, 11) is 2.77. The maximum atomic E-state index is 11.7. The molecule has 0 saturated carbocycles. The molecule has 1 aromatic rings. The number of hydrogen-bond acceptors (Lipinski definition) is 7. The fourth-order valence-electron chi connectivity index (χ4n) is 2.15. The number of carboxylic acid groups (broad SMARTS) is 1. The molecule has 1 aromatic carbocycles. The van der Waals surface area contributed by atoms with E-state index in [0.717, 1.165) is 0 Å². The first-order chi connectivity index (χ1) is 11.9. The third kappa shape index (κ3) is 6.66. The van der Waals surface area contributed by atoms with Gasteiger partial charge in [-0.25, -0.2) is 0 Å². The molecule has 0 spiro atoms. The molecule has 0 saturated heterocycles. The van der Waals surface area contributed by atoms with Gasteiger partial charge in [-0.05, 0) is 18.9 Å². The van der Waals surface area contributed by atoms with Crippen molar-refractivity contribution in [3.8, 4) is 11.5 Å². The average molecular weight is 355 g/mol. The van der Waals surface area contributed by atoms with Gasteiger partial charge in [-0.15, -0.1) is 0 Å². The first kappa shape index (κ1) is 20.2. The molecule has 1 rings (SSSR count). The predicted octanol–water partition coefficient (Wildman–Crippen LogP) is 2.69. The van der Waals surface area contributed by atoms with Crippen LogP contribution in [-0.4, -0.2) is 36.2 Å². The third-order valence-corrected chi connectivity index (χ3v) is 3.44. The minimum Gasteiger partial charge on any atom is -0.493 e. The van der Waals surface area contributed by atoms with Gasteiger partial charge in [0.05, 0.1) is 30.8 Å². The van der Waals surface area contributed by atoms with Gasteiger partial charge in [-0.2, -0.15) is 0 Å². The van der Waals surface area contributed by atoms with Crippen molar-refractivity contribution in [3.05, 3.63) is 27.8 Å². The minimum absolute atomic E-state index is 0.0624. The van der Waals surface area contributed by atoms with Crippen LogP contribution in [0.15, 0.2) is 12.1 Å². The van der Waals surface area contributed by atoms with E-state index in [9.17, 15) is 19.7 Å². The summed E-state index contributed by atoms with van der Waals surface area (Å²) in [6, 6.07) is 2.62. The van der Waals surface area contributed by atoms with Gasteiger partial charge in [0.25, 0.3) is 5.69 Å². The van der Waals surface area contributed by atoms with Crippen molar-refractivity contribution in [1.29, 1.82) is 0 Å². The van der Waals surface area contributed by atoms with E-state index in [4.69, 9.17) is 19.3 Å². The Balaban J connectivity index is 2.62. The van der Waals surface area contributed by atoms with Crippen LogP contribution in [0, 0.1) is 10.1 Å². The van der Waals surface area contributed by atoms with Crippen LogP contribution in [0.5, 0.6) is 11.5 Å². The number of aliphatic carboxylic acids is 1. The molecule has 9 nitrogen and oxygen atoms in total. The van der Waals surface area contributed by atoms with Crippen LogP contribution in [0.3, 0.4) is 0 Å². The van der Waals surface area contributed by atoms with Crippen LogP contribution in [-0.2, 0) is 20.9 Å². The third-order valence-electron chi connectivity index (χ3n) is 3.44. The zero-order valence-corrected chi connectivity index (χ0v) is 14.1. The Kier molecular flexibility index (Phi) is 8.17. The van der Waals surface area contributed by atoms with E-state index < -0.39 is 16.9 Å². The molecular weight excluding hydrogens is 334 g/mol. The zero-order chi connectivity index (χ0) is 18.8. The summed E-state index contributed by atoms with van der Waals surface area (Å²) in [4.78, 5) is 32.7. The number of ether oxygens (including phenoxy) is 3. The highest BCUT2D eigenvalue weighted by Crippen LogP contribution is 2.34. The summed E-state index contributed by atoms with van der Waals surface area (Å²) >= 11 is 0. The zero-order valence-electron chi connectivity index (χ0n) is 14.1. The van der Waals surface area contributed by atoms with E-state index in [1.165, 1.54) is 26.4 Å². The Labute approximate surface area is 144 Å². The summed E-state index contributed by atoms with van der Waals surface area (Å²) in [5, 5.41) is 19.7. The van der Waals surface area contributed by atoms with Gasteiger partial charge in [0.15, 0.2) is 11.5 Å². The molecule has 0 aliphatic heterocycles. The molecule has 25 heavy (non-hydrogen) atoms. The molecule has 0 unspecified atom stereocenters. The lowest BCUT2D eigenvalue weighted by molar-refractivity contribution is -0.385. The normalized spacial score (nSPS) is 10.2. The molecule has 0 heterocycles. The topological polar surface area (TPSA) is 125 Å². The quantitative estimate of drug-likeness (QED) is 0.278. The Hall–Kier alpha value is -2.84. The van der Waals surface area contributed by atoms with E-state index >= 15 is 0 Å². The summed E-state index contributed by atoms with van der Waals surface area (Å²) in [5.74, 6) is -0.863. The molecule has 1 N–H and O–H groups in total. The highest BCUT2D eigenvalue weighted by atomic mass is 16.6. The van der Waals surface area contributed by atoms with Gasteiger partial charge < -0.3 is 19.3 Å². The molecule has 0 radical (unpaired) electrons. The monoisotopic (exact) mass is 355 g/mol. The van der Waals surface area contributed by atoms with Crippen molar-refractivity contribution >= 4 is 17.6 Å². The van der Waals surface area contributed by atoms with E-state index in [-0.39, 0.29) is 36.4 Å². The van der Waals surface area contributed by atoms with Crippen LogP contribution >= 0.6 is 0 Å². The first-order valence-electron chi connectivity index (χ1n) is 7.65. The fourth-order valence-corrected chi connectivity index (χ4v) is 2.15.